The number of nitriles is 1. The fourth-order valence-electron chi connectivity index (χ4n) is 2.93. The summed E-state index contributed by atoms with van der Waals surface area (Å²) in [6, 6.07) is 13.0. The van der Waals surface area contributed by atoms with Crippen LogP contribution in [0.2, 0.25) is 0 Å². The Bertz CT molecular complexity index is 963. The number of amides is 1. The molecule has 1 aromatic heterocycles. The Hall–Kier alpha value is -2.96. The number of aromatic nitrogens is 1. The van der Waals surface area contributed by atoms with Crippen molar-refractivity contribution >= 4 is 21.7 Å². The van der Waals surface area contributed by atoms with Gasteiger partial charge in [0.05, 0.1) is 6.07 Å². The molecule has 8 nitrogen and oxygen atoms in total. The van der Waals surface area contributed by atoms with E-state index in [1.54, 1.807) is 36.4 Å². The predicted octanol–water partition coefficient (Wildman–Crippen LogP) is 1.16. The predicted molar refractivity (Wildman–Crippen MR) is 105 cm³/mol. The monoisotopic (exact) mass is 399 g/mol. The fourth-order valence-corrected chi connectivity index (χ4v) is 4.07. The lowest BCUT2D eigenvalue weighted by Crippen LogP contribution is -2.44. The Kier molecular flexibility index (Phi) is 5.92. The summed E-state index contributed by atoms with van der Waals surface area (Å²) >= 11 is 0. The van der Waals surface area contributed by atoms with Gasteiger partial charge in [0.15, 0.2) is 5.25 Å². The van der Waals surface area contributed by atoms with Gasteiger partial charge in [0, 0.05) is 43.5 Å². The first kappa shape index (κ1) is 19.8. The smallest absolute Gasteiger partial charge is 0.264 e. The van der Waals surface area contributed by atoms with Crippen LogP contribution in [0, 0.1) is 11.3 Å². The van der Waals surface area contributed by atoms with Crippen molar-refractivity contribution in [3.8, 4) is 6.07 Å². The molecule has 0 aliphatic carbocycles. The molecule has 0 bridgehead atoms. The lowest BCUT2D eigenvalue weighted by atomic mass is 10.2. The highest BCUT2D eigenvalue weighted by atomic mass is 32.2. The number of nitrogens with zero attached hydrogens (tertiary/aromatic N) is 4. The topological polar surface area (TPSA) is 106 Å². The molecule has 0 spiro atoms. The Labute approximate surface area is 164 Å². The fraction of sp³-hybridized carbons (Fsp3) is 0.316. The second-order valence-corrected chi connectivity index (χ2v) is 8.36. The Morgan fingerprint density at radius 1 is 1.14 bits per heavy atom. The molecule has 9 heteroatoms. The Balaban J connectivity index is 1.75. The maximum Gasteiger partial charge on any atom is 0.264 e. The van der Waals surface area contributed by atoms with Crippen molar-refractivity contribution in [3.63, 3.8) is 0 Å². The molecule has 1 aromatic carbocycles. The van der Waals surface area contributed by atoms with Crippen LogP contribution in [0.3, 0.4) is 0 Å². The first-order valence-corrected chi connectivity index (χ1v) is 10.4. The van der Waals surface area contributed by atoms with E-state index in [0.29, 0.717) is 0 Å². The zero-order valence-corrected chi connectivity index (χ0v) is 16.3. The van der Waals surface area contributed by atoms with Gasteiger partial charge in [-0.3, -0.25) is 4.79 Å². The van der Waals surface area contributed by atoms with E-state index in [1.165, 1.54) is 18.3 Å². The number of hydrogen-bond donors (Lipinski definition) is 1. The first-order valence-electron chi connectivity index (χ1n) is 8.81. The van der Waals surface area contributed by atoms with Crippen LogP contribution in [-0.4, -0.2) is 57.4 Å². The van der Waals surface area contributed by atoms with Gasteiger partial charge < -0.3 is 9.80 Å². The van der Waals surface area contributed by atoms with Crippen molar-refractivity contribution in [1.29, 1.82) is 5.26 Å². The number of benzene rings is 1. The minimum absolute atomic E-state index is 0.200. The lowest BCUT2D eigenvalue weighted by molar-refractivity contribution is 0.0981. The third kappa shape index (κ3) is 4.47. The standard InChI is InChI=1S/C19H21N5O3S/c1-23-9-11-24(12-10-23)18-8-7-16(14-21-18)17(13-20)28(26,27)22-19(25)15-5-3-2-4-6-15/h2-8,14,17H,9-12H2,1H3,(H,22,25). The van der Waals surface area contributed by atoms with Gasteiger partial charge in [-0.1, -0.05) is 24.3 Å². The van der Waals surface area contributed by atoms with Gasteiger partial charge in [0.25, 0.3) is 15.9 Å². The summed E-state index contributed by atoms with van der Waals surface area (Å²) in [4.78, 5) is 20.8. The van der Waals surface area contributed by atoms with Crippen LogP contribution < -0.4 is 9.62 Å². The highest BCUT2D eigenvalue weighted by molar-refractivity contribution is 7.90. The van der Waals surface area contributed by atoms with E-state index >= 15 is 0 Å². The molecule has 2 aromatic rings. The molecule has 1 aliphatic rings. The number of nitrogens with one attached hydrogen (secondary N) is 1. The van der Waals surface area contributed by atoms with Crippen LogP contribution in [0.1, 0.15) is 21.2 Å². The molecule has 146 valence electrons. The zero-order valence-electron chi connectivity index (χ0n) is 15.4. The average molecular weight is 399 g/mol. The van der Waals surface area contributed by atoms with Gasteiger partial charge in [0.2, 0.25) is 0 Å². The van der Waals surface area contributed by atoms with Gasteiger partial charge >= 0.3 is 0 Å². The molecule has 2 heterocycles. The summed E-state index contributed by atoms with van der Waals surface area (Å²) in [5, 5.41) is 7.89. The van der Waals surface area contributed by atoms with Crippen molar-refractivity contribution in [2.75, 3.05) is 38.1 Å². The summed E-state index contributed by atoms with van der Waals surface area (Å²) in [7, 11) is -2.18. The van der Waals surface area contributed by atoms with Crippen LogP contribution in [0.15, 0.2) is 48.7 Å². The second-order valence-electron chi connectivity index (χ2n) is 6.59. The highest BCUT2D eigenvalue weighted by Gasteiger charge is 2.30. The molecule has 1 atom stereocenters. The number of sulfonamides is 1. The maximum absolute atomic E-state index is 12.6. The van der Waals surface area contributed by atoms with Crippen LogP contribution in [0.25, 0.3) is 0 Å². The highest BCUT2D eigenvalue weighted by Crippen LogP contribution is 2.23. The number of carbonyl (C=O) groups excluding carboxylic acids is 1. The molecule has 1 amide bonds. The molecule has 1 unspecified atom stereocenters. The average Bonchev–Trinajstić information content (AvgIpc) is 2.70. The van der Waals surface area contributed by atoms with Crippen LogP contribution >= 0.6 is 0 Å². The zero-order chi connectivity index (χ0) is 20.1. The number of rotatable bonds is 5. The van der Waals surface area contributed by atoms with Crippen molar-refractivity contribution in [3.05, 3.63) is 59.8 Å². The van der Waals surface area contributed by atoms with Crippen molar-refractivity contribution < 1.29 is 13.2 Å². The molecule has 1 aliphatic heterocycles. The summed E-state index contributed by atoms with van der Waals surface area (Å²) in [6.45, 7) is 3.50. The van der Waals surface area contributed by atoms with E-state index in [2.05, 4.69) is 21.8 Å². The third-order valence-corrected chi connectivity index (χ3v) is 6.07. The first-order chi connectivity index (χ1) is 13.4. The number of likely N-dealkylation sites (N-methyl/N-ethyl adjacent to an activating group) is 1. The quantitative estimate of drug-likeness (QED) is 0.804. The van der Waals surface area contributed by atoms with Gasteiger partial charge in [-0.2, -0.15) is 5.26 Å². The van der Waals surface area contributed by atoms with Gasteiger partial charge in [-0.05, 0) is 25.2 Å². The molecule has 1 fully saturated rings. The number of piperazine rings is 1. The minimum Gasteiger partial charge on any atom is -0.354 e. The molecule has 3 rings (SSSR count). The van der Waals surface area contributed by atoms with E-state index in [-0.39, 0.29) is 11.1 Å². The van der Waals surface area contributed by atoms with Crippen LogP contribution in [-0.2, 0) is 10.0 Å². The van der Waals surface area contributed by atoms with E-state index in [4.69, 9.17) is 0 Å². The largest absolute Gasteiger partial charge is 0.354 e. The summed E-state index contributed by atoms with van der Waals surface area (Å²) < 4.78 is 27.1. The van der Waals surface area contributed by atoms with E-state index in [0.717, 1.165) is 32.0 Å². The van der Waals surface area contributed by atoms with Gasteiger partial charge in [-0.25, -0.2) is 18.1 Å². The normalized spacial score (nSPS) is 16.2. The third-order valence-electron chi connectivity index (χ3n) is 4.60. The lowest BCUT2D eigenvalue weighted by Gasteiger charge is -2.33. The Morgan fingerprint density at radius 3 is 2.39 bits per heavy atom. The SMILES string of the molecule is CN1CCN(c2ccc(C(C#N)S(=O)(=O)NC(=O)c3ccccc3)cn2)CC1. The molecule has 0 saturated carbocycles. The maximum atomic E-state index is 12.6. The molecular formula is C19H21N5O3S. The minimum atomic E-state index is -4.24. The number of pyridine rings is 1. The molecule has 1 N–H and O–H groups in total. The second kappa shape index (κ2) is 8.37. The van der Waals surface area contributed by atoms with Crippen molar-refractivity contribution in [2.45, 2.75) is 5.25 Å². The summed E-state index contributed by atoms with van der Waals surface area (Å²) in [5.41, 5.74) is 0.417. The van der Waals surface area contributed by atoms with E-state index in [1.807, 2.05) is 4.72 Å². The van der Waals surface area contributed by atoms with E-state index in [9.17, 15) is 18.5 Å². The number of hydrogen-bond acceptors (Lipinski definition) is 7. The number of anilines is 1. The summed E-state index contributed by atoms with van der Waals surface area (Å²) in [6.07, 6.45) is 1.38. The van der Waals surface area contributed by atoms with E-state index < -0.39 is 21.2 Å². The van der Waals surface area contributed by atoms with Crippen molar-refractivity contribution in [1.82, 2.24) is 14.6 Å². The van der Waals surface area contributed by atoms with Gasteiger partial charge in [0.1, 0.15) is 5.82 Å². The molecular weight excluding hydrogens is 378 g/mol. The number of carbonyl (C=O) groups is 1. The van der Waals surface area contributed by atoms with Crippen LogP contribution in [0.4, 0.5) is 5.82 Å². The molecule has 1 saturated heterocycles. The van der Waals surface area contributed by atoms with Crippen molar-refractivity contribution in [2.24, 2.45) is 0 Å². The summed E-state index contributed by atoms with van der Waals surface area (Å²) in [5.74, 6) is -0.0397. The van der Waals surface area contributed by atoms with Crippen LogP contribution in [0.5, 0.6) is 0 Å². The Morgan fingerprint density at radius 2 is 1.82 bits per heavy atom. The van der Waals surface area contributed by atoms with Gasteiger partial charge in [-0.15, -0.1) is 0 Å². The molecule has 0 radical (unpaired) electrons. The molecule has 28 heavy (non-hydrogen) atoms.